The molecule has 0 aromatic heterocycles. The standard InChI is InChI=1S/C20H21BrN2O2/c21-18-9-5-4-8-17(18)20(25)23-16-12-10-14(11-13-16)19(24)22-15-6-2-1-3-7-15/h4-5,8-13,15H,1-3,6-7H2,(H,22,24)(H,23,25). The summed E-state index contributed by atoms with van der Waals surface area (Å²) in [5.74, 6) is -0.234. The molecule has 0 bridgehead atoms. The quantitative estimate of drug-likeness (QED) is 0.776. The van der Waals surface area contributed by atoms with Crippen LogP contribution in [0.25, 0.3) is 0 Å². The largest absolute Gasteiger partial charge is 0.349 e. The lowest BCUT2D eigenvalue weighted by Gasteiger charge is -2.22. The van der Waals surface area contributed by atoms with E-state index in [4.69, 9.17) is 0 Å². The Morgan fingerprint density at radius 3 is 2.24 bits per heavy atom. The van der Waals surface area contributed by atoms with Crippen LogP contribution in [0.3, 0.4) is 0 Å². The van der Waals surface area contributed by atoms with Crippen LogP contribution in [0.15, 0.2) is 53.0 Å². The number of hydrogen-bond donors (Lipinski definition) is 2. The van der Waals surface area contributed by atoms with E-state index in [2.05, 4.69) is 26.6 Å². The van der Waals surface area contributed by atoms with Gasteiger partial charge in [-0.2, -0.15) is 0 Å². The topological polar surface area (TPSA) is 58.2 Å². The van der Waals surface area contributed by atoms with Gasteiger partial charge in [0, 0.05) is 21.8 Å². The fourth-order valence-electron chi connectivity index (χ4n) is 3.06. The fourth-order valence-corrected chi connectivity index (χ4v) is 3.53. The zero-order chi connectivity index (χ0) is 17.6. The van der Waals surface area contributed by atoms with E-state index in [1.807, 2.05) is 18.2 Å². The van der Waals surface area contributed by atoms with Crippen molar-refractivity contribution in [2.45, 2.75) is 38.1 Å². The number of benzene rings is 2. The number of halogens is 1. The first-order valence-electron chi connectivity index (χ1n) is 8.60. The van der Waals surface area contributed by atoms with Crippen molar-refractivity contribution in [1.82, 2.24) is 5.32 Å². The molecule has 0 saturated heterocycles. The Morgan fingerprint density at radius 2 is 1.56 bits per heavy atom. The molecule has 0 radical (unpaired) electrons. The van der Waals surface area contributed by atoms with Crippen molar-refractivity contribution in [1.29, 1.82) is 0 Å². The van der Waals surface area contributed by atoms with Gasteiger partial charge in [-0.05, 0) is 65.2 Å². The van der Waals surface area contributed by atoms with Gasteiger partial charge in [0.15, 0.2) is 0 Å². The highest BCUT2D eigenvalue weighted by atomic mass is 79.9. The zero-order valence-corrected chi connectivity index (χ0v) is 15.5. The van der Waals surface area contributed by atoms with Crippen LogP contribution in [-0.4, -0.2) is 17.9 Å². The Morgan fingerprint density at radius 1 is 0.880 bits per heavy atom. The monoisotopic (exact) mass is 400 g/mol. The molecular weight excluding hydrogens is 380 g/mol. The summed E-state index contributed by atoms with van der Waals surface area (Å²) in [5.41, 5.74) is 1.85. The molecule has 130 valence electrons. The number of amides is 2. The second kappa shape index (κ2) is 8.30. The molecule has 1 aliphatic carbocycles. The third-order valence-electron chi connectivity index (χ3n) is 4.46. The van der Waals surface area contributed by atoms with Gasteiger partial charge in [0.1, 0.15) is 0 Å². The van der Waals surface area contributed by atoms with Crippen LogP contribution in [-0.2, 0) is 0 Å². The van der Waals surface area contributed by atoms with Gasteiger partial charge >= 0.3 is 0 Å². The van der Waals surface area contributed by atoms with Crippen molar-refractivity contribution in [2.75, 3.05) is 5.32 Å². The second-order valence-corrected chi connectivity index (χ2v) is 7.17. The minimum absolute atomic E-state index is 0.0458. The molecule has 0 atom stereocenters. The van der Waals surface area contributed by atoms with Crippen LogP contribution in [0.2, 0.25) is 0 Å². The predicted molar refractivity (Wildman–Crippen MR) is 103 cm³/mol. The molecule has 2 aromatic carbocycles. The number of carbonyl (C=O) groups excluding carboxylic acids is 2. The van der Waals surface area contributed by atoms with Gasteiger partial charge in [-0.1, -0.05) is 31.4 Å². The van der Waals surface area contributed by atoms with E-state index in [0.717, 1.165) is 17.3 Å². The lowest BCUT2D eigenvalue weighted by atomic mass is 9.95. The lowest BCUT2D eigenvalue weighted by molar-refractivity contribution is 0.0927. The van der Waals surface area contributed by atoms with Gasteiger partial charge in [-0.3, -0.25) is 9.59 Å². The number of anilines is 1. The first kappa shape index (κ1) is 17.7. The van der Waals surface area contributed by atoms with E-state index in [-0.39, 0.29) is 17.9 Å². The maximum atomic E-state index is 12.3. The Balaban J connectivity index is 1.61. The van der Waals surface area contributed by atoms with E-state index < -0.39 is 0 Å². The minimum atomic E-state index is -0.188. The number of rotatable bonds is 4. The smallest absolute Gasteiger partial charge is 0.256 e. The van der Waals surface area contributed by atoms with E-state index in [9.17, 15) is 9.59 Å². The molecule has 1 aliphatic rings. The molecule has 5 heteroatoms. The molecular formula is C20H21BrN2O2. The predicted octanol–water partition coefficient (Wildman–Crippen LogP) is 4.76. The lowest BCUT2D eigenvalue weighted by Crippen LogP contribution is -2.36. The number of carbonyl (C=O) groups is 2. The highest BCUT2D eigenvalue weighted by Gasteiger charge is 2.16. The summed E-state index contributed by atoms with van der Waals surface area (Å²) in [4.78, 5) is 24.6. The summed E-state index contributed by atoms with van der Waals surface area (Å²) >= 11 is 3.37. The Kier molecular flexibility index (Phi) is 5.87. The third-order valence-corrected chi connectivity index (χ3v) is 5.16. The summed E-state index contributed by atoms with van der Waals surface area (Å²) < 4.78 is 0.746. The van der Waals surface area contributed by atoms with Gasteiger partial charge in [0.2, 0.25) is 0 Å². The molecule has 0 spiro atoms. The summed E-state index contributed by atoms with van der Waals surface area (Å²) in [6.07, 6.45) is 5.76. The summed E-state index contributed by atoms with van der Waals surface area (Å²) in [5, 5.41) is 5.94. The Labute approximate surface area is 156 Å². The third kappa shape index (κ3) is 4.69. The first-order valence-corrected chi connectivity index (χ1v) is 9.39. The summed E-state index contributed by atoms with van der Waals surface area (Å²) in [7, 11) is 0. The zero-order valence-electron chi connectivity index (χ0n) is 13.9. The van der Waals surface area contributed by atoms with Crippen molar-refractivity contribution in [3.8, 4) is 0 Å². The molecule has 0 unspecified atom stereocenters. The molecule has 2 N–H and O–H groups in total. The molecule has 3 rings (SSSR count). The maximum absolute atomic E-state index is 12.3. The van der Waals surface area contributed by atoms with Crippen LogP contribution in [0, 0.1) is 0 Å². The molecule has 2 amide bonds. The van der Waals surface area contributed by atoms with Gasteiger partial charge in [-0.25, -0.2) is 0 Å². The van der Waals surface area contributed by atoms with E-state index in [1.54, 1.807) is 30.3 Å². The SMILES string of the molecule is O=C(NC1CCCCC1)c1ccc(NC(=O)c2ccccc2Br)cc1. The molecule has 2 aromatic rings. The average Bonchev–Trinajstić information content (AvgIpc) is 2.63. The highest BCUT2D eigenvalue weighted by Crippen LogP contribution is 2.20. The van der Waals surface area contributed by atoms with Gasteiger partial charge in [0.05, 0.1) is 5.56 Å². The fraction of sp³-hybridized carbons (Fsp3) is 0.300. The van der Waals surface area contributed by atoms with Crippen LogP contribution in [0.1, 0.15) is 52.8 Å². The van der Waals surface area contributed by atoms with E-state index in [1.165, 1.54) is 19.3 Å². The van der Waals surface area contributed by atoms with Crippen molar-refractivity contribution in [3.63, 3.8) is 0 Å². The molecule has 25 heavy (non-hydrogen) atoms. The minimum Gasteiger partial charge on any atom is -0.349 e. The number of nitrogens with one attached hydrogen (secondary N) is 2. The maximum Gasteiger partial charge on any atom is 0.256 e. The highest BCUT2D eigenvalue weighted by molar-refractivity contribution is 9.10. The summed E-state index contributed by atoms with van der Waals surface area (Å²) in [6.45, 7) is 0. The average molecular weight is 401 g/mol. The molecule has 4 nitrogen and oxygen atoms in total. The van der Waals surface area contributed by atoms with Gasteiger partial charge in [0.25, 0.3) is 11.8 Å². The Hall–Kier alpha value is -2.14. The number of hydrogen-bond acceptors (Lipinski definition) is 2. The second-order valence-electron chi connectivity index (χ2n) is 6.32. The van der Waals surface area contributed by atoms with Crippen molar-refractivity contribution < 1.29 is 9.59 Å². The Bertz CT molecular complexity index is 753. The van der Waals surface area contributed by atoms with Crippen molar-refractivity contribution in [3.05, 3.63) is 64.1 Å². The van der Waals surface area contributed by atoms with Crippen molar-refractivity contribution >= 4 is 33.4 Å². The van der Waals surface area contributed by atoms with Crippen LogP contribution in [0.4, 0.5) is 5.69 Å². The summed E-state index contributed by atoms with van der Waals surface area (Å²) in [6, 6.07) is 14.5. The van der Waals surface area contributed by atoms with Gasteiger partial charge in [-0.15, -0.1) is 0 Å². The molecule has 0 aliphatic heterocycles. The van der Waals surface area contributed by atoms with E-state index >= 15 is 0 Å². The van der Waals surface area contributed by atoms with Crippen LogP contribution in [0.5, 0.6) is 0 Å². The van der Waals surface area contributed by atoms with E-state index in [0.29, 0.717) is 16.8 Å². The molecule has 0 heterocycles. The normalized spacial score (nSPS) is 14.8. The molecule has 1 fully saturated rings. The van der Waals surface area contributed by atoms with Crippen molar-refractivity contribution in [2.24, 2.45) is 0 Å². The first-order chi connectivity index (χ1) is 12.1. The molecule has 1 saturated carbocycles. The van der Waals surface area contributed by atoms with Crippen LogP contribution >= 0.6 is 15.9 Å². The van der Waals surface area contributed by atoms with Crippen LogP contribution < -0.4 is 10.6 Å². The van der Waals surface area contributed by atoms with Gasteiger partial charge < -0.3 is 10.6 Å².